The van der Waals surface area contributed by atoms with E-state index in [0.717, 1.165) is 24.4 Å². The van der Waals surface area contributed by atoms with Gasteiger partial charge >= 0.3 is 0 Å². The van der Waals surface area contributed by atoms with Crippen molar-refractivity contribution >= 4 is 0 Å². The molecule has 18 heavy (non-hydrogen) atoms. The highest BCUT2D eigenvalue weighted by molar-refractivity contribution is 5.27. The van der Waals surface area contributed by atoms with Crippen molar-refractivity contribution in [3.63, 3.8) is 0 Å². The third-order valence-electron chi connectivity index (χ3n) is 3.06. The summed E-state index contributed by atoms with van der Waals surface area (Å²) in [7, 11) is 0. The Bertz CT molecular complexity index is 375. The van der Waals surface area contributed by atoms with Crippen molar-refractivity contribution in [2.24, 2.45) is 0 Å². The summed E-state index contributed by atoms with van der Waals surface area (Å²) in [5, 5.41) is 9.89. The van der Waals surface area contributed by atoms with Crippen LogP contribution in [0.1, 0.15) is 12.5 Å². The van der Waals surface area contributed by atoms with E-state index in [4.69, 9.17) is 9.47 Å². The molecule has 4 heteroatoms. The first-order valence-electron chi connectivity index (χ1n) is 6.40. The molecule has 100 valence electrons. The van der Waals surface area contributed by atoms with Gasteiger partial charge in [0, 0.05) is 13.1 Å². The monoisotopic (exact) mass is 251 g/mol. The van der Waals surface area contributed by atoms with Gasteiger partial charge < -0.3 is 14.6 Å². The molecule has 1 fully saturated rings. The molecule has 0 saturated carbocycles. The van der Waals surface area contributed by atoms with E-state index in [1.807, 2.05) is 31.2 Å². The Hall–Kier alpha value is -1.10. The summed E-state index contributed by atoms with van der Waals surface area (Å²) in [6, 6.07) is 7.89. The molecule has 2 atom stereocenters. The molecular weight excluding hydrogens is 230 g/mol. The van der Waals surface area contributed by atoms with E-state index >= 15 is 0 Å². The minimum Gasteiger partial charge on any atom is -0.472 e. The molecule has 1 aliphatic rings. The van der Waals surface area contributed by atoms with Gasteiger partial charge in [-0.05, 0) is 31.5 Å². The second kappa shape index (κ2) is 6.18. The second-order valence-electron chi connectivity index (χ2n) is 4.71. The van der Waals surface area contributed by atoms with Gasteiger partial charge in [0.1, 0.15) is 11.9 Å². The molecule has 0 amide bonds. The van der Waals surface area contributed by atoms with E-state index in [0.29, 0.717) is 13.2 Å². The number of aryl methyl sites for hydroxylation is 1. The molecule has 1 aliphatic heterocycles. The van der Waals surface area contributed by atoms with Crippen LogP contribution in [0.4, 0.5) is 0 Å². The number of hydrogen-bond donors (Lipinski definition) is 1. The Morgan fingerprint density at radius 2 is 2.06 bits per heavy atom. The van der Waals surface area contributed by atoms with Gasteiger partial charge in [0.25, 0.3) is 0 Å². The topological polar surface area (TPSA) is 41.9 Å². The molecule has 2 unspecified atom stereocenters. The molecule has 0 bridgehead atoms. The van der Waals surface area contributed by atoms with Crippen molar-refractivity contribution in [2.45, 2.75) is 26.2 Å². The Labute approximate surface area is 108 Å². The summed E-state index contributed by atoms with van der Waals surface area (Å²) >= 11 is 0. The predicted molar refractivity (Wildman–Crippen MR) is 69.7 cm³/mol. The lowest BCUT2D eigenvalue weighted by Crippen LogP contribution is -2.51. The fourth-order valence-electron chi connectivity index (χ4n) is 2.14. The van der Waals surface area contributed by atoms with Crippen LogP contribution in [0.25, 0.3) is 0 Å². The summed E-state index contributed by atoms with van der Waals surface area (Å²) in [4.78, 5) is 2.12. The number of hydrogen-bond acceptors (Lipinski definition) is 4. The quantitative estimate of drug-likeness (QED) is 0.878. The van der Waals surface area contributed by atoms with Crippen molar-refractivity contribution < 1.29 is 14.6 Å². The van der Waals surface area contributed by atoms with E-state index in [1.54, 1.807) is 6.92 Å². The zero-order chi connectivity index (χ0) is 13.0. The number of aliphatic hydroxyl groups is 1. The molecule has 1 heterocycles. The Morgan fingerprint density at radius 3 is 2.67 bits per heavy atom. The minimum absolute atomic E-state index is 0.310. The number of rotatable bonds is 4. The molecule has 0 aromatic heterocycles. The third-order valence-corrected chi connectivity index (χ3v) is 3.06. The van der Waals surface area contributed by atoms with Gasteiger partial charge in [-0.1, -0.05) is 12.1 Å². The highest BCUT2D eigenvalue weighted by Gasteiger charge is 2.26. The van der Waals surface area contributed by atoms with E-state index in [-0.39, 0.29) is 6.23 Å². The first kappa shape index (κ1) is 13.3. The van der Waals surface area contributed by atoms with Gasteiger partial charge in [0.05, 0.1) is 13.2 Å². The molecule has 0 spiro atoms. The predicted octanol–water partition coefficient (Wildman–Crippen LogP) is 1.41. The van der Waals surface area contributed by atoms with Crippen LogP contribution >= 0.6 is 0 Å². The van der Waals surface area contributed by atoms with Crippen LogP contribution in [0.3, 0.4) is 0 Å². The van der Waals surface area contributed by atoms with Crippen LogP contribution in [-0.2, 0) is 4.74 Å². The van der Waals surface area contributed by atoms with Gasteiger partial charge in [0.2, 0.25) is 0 Å². The molecule has 1 saturated heterocycles. The summed E-state index contributed by atoms with van der Waals surface area (Å²) < 4.78 is 11.2. The van der Waals surface area contributed by atoms with Crippen molar-refractivity contribution in [2.75, 3.05) is 26.3 Å². The molecule has 0 radical (unpaired) electrons. The lowest BCUT2D eigenvalue weighted by atomic mass is 10.2. The summed E-state index contributed by atoms with van der Waals surface area (Å²) in [6.07, 6.45) is -0.848. The van der Waals surface area contributed by atoms with Gasteiger partial charge in [-0.3, -0.25) is 4.90 Å². The van der Waals surface area contributed by atoms with Crippen LogP contribution < -0.4 is 4.74 Å². The lowest BCUT2D eigenvalue weighted by molar-refractivity contribution is -0.0941. The first-order chi connectivity index (χ1) is 8.66. The number of benzene rings is 1. The smallest absolute Gasteiger partial charge is 0.178 e. The van der Waals surface area contributed by atoms with Crippen molar-refractivity contribution in [1.82, 2.24) is 4.90 Å². The minimum atomic E-state index is -0.538. The van der Waals surface area contributed by atoms with E-state index in [2.05, 4.69) is 4.90 Å². The Morgan fingerprint density at radius 1 is 1.33 bits per heavy atom. The van der Waals surface area contributed by atoms with Crippen LogP contribution in [0.5, 0.6) is 5.75 Å². The maximum atomic E-state index is 9.89. The maximum Gasteiger partial charge on any atom is 0.178 e. The molecule has 1 N–H and O–H groups in total. The van der Waals surface area contributed by atoms with Gasteiger partial charge in [-0.25, -0.2) is 0 Å². The third kappa shape index (κ3) is 3.45. The van der Waals surface area contributed by atoms with Crippen LogP contribution in [0.2, 0.25) is 0 Å². The largest absolute Gasteiger partial charge is 0.472 e. The fourth-order valence-corrected chi connectivity index (χ4v) is 2.14. The van der Waals surface area contributed by atoms with Gasteiger partial charge in [0.15, 0.2) is 6.23 Å². The molecule has 1 aromatic carbocycles. The molecule has 0 aliphatic carbocycles. The average Bonchev–Trinajstić information content (AvgIpc) is 2.37. The number of ether oxygens (including phenoxy) is 2. The van der Waals surface area contributed by atoms with E-state index in [9.17, 15) is 5.11 Å². The standard InChI is InChI=1S/C14H21NO3/c1-11-4-3-5-13(10-11)18-14(12(2)16)15-6-8-17-9-7-15/h3-5,10,12,14,16H,6-9H2,1-2H3. The SMILES string of the molecule is Cc1cccc(OC(C(C)O)N2CCOCC2)c1. The number of aliphatic hydroxyl groups excluding tert-OH is 1. The molecular formula is C14H21NO3. The van der Waals surface area contributed by atoms with Crippen molar-refractivity contribution in [1.29, 1.82) is 0 Å². The molecule has 1 aromatic rings. The van der Waals surface area contributed by atoms with Crippen LogP contribution in [-0.4, -0.2) is 48.6 Å². The van der Waals surface area contributed by atoms with Crippen LogP contribution in [0, 0.1) is 6.92 Å². The molecule has 2 rings (SSSR count). The highest BCUT2D eigenvalue weighted by Crippen LogP contribution is 2.18. The summed E-state index contributed by atoms with van der Waals surface area (Å²) in [5.41, 5.74) is 1.15. The maximum absolute atomic E-state index is 9.89. The van der Waals surface area contributed by atoms with Crippen LogP contribution in [0.15, 0.2) is 24.3 Å². The van der Waals surface area contributed by atoms with Gasteiger partial charge in [-0.2, -0.15) is 0 Å². The van der Waals surface area contributed by atoms with Gasteiger partial charge in [-0.15, -0.1) is 0 Å². The Balaban J connectivity index is 2.05. The fraction of sp³-hybridized carbons (Fsp3) is 0.571. The normalized spacial score (nSPS) is 20.4. The Kier molecular flexibility index (Phi) is 4.58. The van der Waals surface area contributed by atoms with E-state index in [1.165, 1.54) is 0 Å². The van der Waals surface area contributed by atoms with Crippen molar-refractivity contribution in [3.05, 3.63) is 29.8 Å². The summed E-state index contributed by atoms with van der Waals surface area (Å²) in [5.74, 6) is 0.799. The lowest BCUT2D eigenvalue weighted by Gasteiger charge is -2.35. The molecule has 4 nitrogen and oxygen atoms in total. The second-order valence-corrected chi connectivity index (χ2v) is 4.71. The summed E-state index contributed by atoms with van der Waals surface area (Å²) in [6.45, 7) is 6.76. The number of morpholine rings is 1. The zero-order valence-electron chi connectivity index (χ0n) is 11.0. The van der Waals surface area contributed by atoms with Crippen molar-refractivity contribution in [3.8, 4) is 5.75 Å². The first-order valence-corrected chi connectivity index (χ1v) is 6.40. The van der Waals surface area contributed by atoms with E-state index < -0.39 is 6.10 Å². The zero-order valence-corrected chi connectivity index (χ0v) is 11.0. The highest BCUT2D eigenvalue weighted by atomic mass is 16.5. The average molecular weight is 251 g/mol. The number of nitrogens with zero attached hydrogens (tertiary/aromatic N) is 1.